The maximum Gasteiger partial charge on any atom is 0.231 e. The molecule has 3 aromatic carbocycles. The van der Waals surface area contributed by atoms with E-state index in [2.05, 4.69) is 67.3 Å². The van der Waals surface area contributed by atoms with Gasteiger partial charge in [-0.05, 0) is 60.7 Å². The fourth-order valence-corrected chi connectivity index (χ4v) is 5.81. The third kappa shape index (κ3) is 2.99. The molecule has 0 fully saturated rings. The van der Waals surface area contributed by atoms with Gasteiger partial charge in [-0.3, -0.25) is 0 Å². The van der Waals surface area contributed by atoms with Crippen molar-refractivity contribution in [2.24, 2.45) is 0 Å². The van der Waals surface area contributed by atoms with E-state index >= 15 is 0 Å². The van der Waals surface area contributed by atoms with E-state index in [1.54, 1.807) is 14.2 Å². The maximum atomic E-state index is 5.97. The van der Waals surface area contributed by atoms with Gasteiger partial charge in [-0.25, -0.2) is 0 Å². The smallest absolute Gasteiger partial charge is 0.231 e. The van der Waals surface area contributed by atoms with Gasteiger partial charge in [0.25, 0.3) is 0 Å². The van der Waals surface area contributed by atoms with E-state index in [4.69, 9.17) is 18.9 Å². The van der Waals surface area contributed by atoms with Crippen LogP contribution in [0.4, 0.5) is 0 Å². The van der Waals surface area contributed by atoms with E-state index < -0.39 is 0 Å². The summed E-state index contributed by atoms with van der Waals surface area (Å²) in [7, 11) is 3.43. The Bertz CT molecular complexity index is 1310. The number of benzene rings is 3. The van der Waals surface area contributed by atoms with E-state index in [0.717, 1.165) is 42.4 Å². The van der Waals surface area contributed by atoms with Crippen LogP contribution >= 0.6 is 0 Å². The summed E-state index contributed by atoms with van der Waals surface area (Å²) in [5.41, 5.74) is 8.47. The topological polar surface area (TPSA) is 40.2 Å². The van der Waals surface area contributed by atoms with E-state index in [1.165, 1.54) is 39.1 Å². The second kappa shape index (κ2) is 7.73. The van der Waals surface area contributed by atoms with Crippen LogP contribution in [-0.4, -0.2) is 32.5 Å². The molecule has 0 atom stereocenters. The van der Waals surface area contributed by atoms with Crippen molar-refractivity contribution in [3.8, 4) is 23.0 Å². The molecule has 0 spiro atoms. The van der Waals surface area contributed by atoms with E-state index in [0.29, 0.717) is 0 Å². The summed E-state index contributed by atoms with van der Waals surface area (Å²) < 4.78 is 23.1. The quantitative estimate of drug-likeness (QED) is 0.508. The molecule has 0 aromatic heterocycles. The SMILES string of the molecule is COc1ccc2c(c1OC)C(C)(C)N1CCc3cc4c(cc3C1=C2Cc1ccccc1)OCO4. The first-order valence-corrected chi connectivity index (χ1v) is 11.8. The van der Waals surface area contributed by atoms with Crippen LogP contribution in [0.3, 0.4) is 0 Å². The van der Waals surface area contributed by atoms with Gasteiger partial charge in [0.05, 0.1) is 19.8 Å². The first kappa shape index (κ1) is 21.0. The van der Waals surface area contributed by atoms with Gasteiger partial charge in [0.2, 0.25) is 6.79 Å². The lowest BCUT2D eigenvalue weighted by Crippen LogP contribution is -2.47. The highest BCUT2D eigenvalue weighted by atomic mass is 16.7. The molecule has 0 saturated heterocycles. The van der Waals surface area contributed by atoms with Crippen molar-refractivity contribution in [1.82, 2.24) is 4.90 Å². The number of rotatable bonds is 4. The third-order valence-corrected chi connectivity index (χ3v) is 7.40. The van der Waals surface area contributed by atoms with Crippen molar-refractivity contribution in [1.29, 1.82) is 0 Å². The average molecular weight is 456 g/mol. The molecule has 34 heavy (non-hydrogen) atoms. The monoisotopic (exact) mass is 455 g/mol. The Morgan fingerprint density at radius 3 is 2.41 bits per heavy atom. The number of ether oxygens (including phenoxy) is 4. The lowest BCUT2D eigenvalue weighted by atomic mass is 9.75. The highest BCUT2D eigenvalue weighted by molar-refractivity contribution is 5.97. The molecule has 0 amide bonds. The Kier molecular flexibility index (Phi) is 4.76. The highest BCUT2D eigenvalue weighted by Gasteiger charge is 2.44. The summed E-state index contributed by atoms with van der Waals surface area (Å²) in [6, 6.07) is 19.2. The number of hydrogen-bond acceptors (Lipinski definition) is 5. The van der Waals surface area contributed by atoms with Gasteiger partial charge in [-0.2, -0.15) is 0 Å². The highest BCUT2D eigenvalue weighted by Crippen LogP contribution is 2.55. The zero-order valence-electron chi connectivity index (χ0n) is 20.1. The summed E-state index contributed by atoms with van der Waals surface area (Å²) >= 11 is 0. The second-order valence-electron chi connectivity index (χ2n) is 9.54. The molecule has 6 rings (SSSR count). The fraction of sp³-hybridized carbons (Fsp3) is 0.310. The van der Waals surface area contributed by atoms with Crippen LogP contribution in [-0.2, 0) is 18.4 Å². The van der Waals surface area contributed by atoms with Crippen LogP contribution in [0.25, 0.3) is 11.3 Å². The van der Waals surface area contributed by atoms with Gasteiger partial charge < -0.3 is 23.8 Å². The number of hydrogen-bond donors (Lipinski definition) is 0. The molecular weight excluding hydrogens is 426 g/mol. The van der Waals surface area contributed by atoms with Crippen LogP contribution in [0.15, 0.2) is 54.6 Å². The van der Waals surface area contributed by atoms with Crippen LogP contribution in [0.5, 0.6) is 23.0 Å². The first-order chi connectivity index (χ1) is 16.5. The van der Waals surface area contributed by atoms with Crippen molar-refractivity contribution in [2.45, 2.75) is 32.2 Å². The van der Waals surface area contributed by atoms with Crippen molar-refractivity contribution >= 4 is 11.3 Å². The Morgan fingerprint density at radius 2 is 1.68 bits per heavy atom. The van der Waals surface area contributed by atoms with Crippen LogP contribution in [0, 0.1) is 0 Å². The molecule has 0 radical (unpaired) electrons. The van der Waals surface area contributed by atoms with Gasteiger partial charge in [0, 0.05) is 29.8 Å². The molecule has 5 heteroatoms. The first-order valence-electron chi connectivity index (χ1n) is 11.8. The summed E-state index contributed by atoms with van der Waals surface area (Å²) in [5.74, 6) is 3.24. The van der Waals surface area contributed by atoms with Gasteiger partial charge in [-0.15, -0.1) is 0 Å². The molecule has 3 aromatic rings. The predicted octanol–water partition coefficient (Wildman–Crippen LogP) is 5.65. The van der Waals surface area contributed by atoms with E-state index in [-0.39, 0.29) is 12.3 Å². The van der Waals surface area contributed by atoms with Gasteiger partial charge >= 0.3 is 0 Å². The molecule has 3 heterocycles. The van der Waals surface area contributed by atoms with Gasteiger partial charge in [0.15, 0.2) is 23.0 Å². The third-order valence-electron chi connectivity index (χ3n) is 7.40. The van der Waals surface area contributed by atoms with Crippen LogP contribution in [0.2, 0.25) is 0 Å². The predicted molar refractivity (Wildman–Crippen MR) is 133 cm³/mol. The molecule has 5 nitrogen and oxygen atoms in total. The van der Waals surface area contributed by atoms with Gasteiger partial charge in [-0.1, -0.05) is 36.4 Å². The number of allylic oxidation sites excluding steroid dienone is 1. The van der Waals surface area contributed by atoms with Crippen LogP contribution < -0.4 is 18.9 Å². The molecule has 0 bridgehead atoms. The molecule has 0 saturated carbocycles. The molecule has 0 aliphatic carbocycles. The van der Waals surface area contributed by atoms with Crippen molar-refractivity contribution in [2.75, 3.05) is 27.6 Å². The lowest BCUT2D eigenvalue weighted by Gasteiger charge is -2.50. The number of methoxy groups -OCH3 is 2. The van der Waals surface area contributed by atoms with Crippen molar-refractivity contribution in [3.05, 3.63) is 82.4 Å². The zero-order chi connectivity index (χ0) is 23.4. The molecule has 3 aliphatic rings. The molecule has 0 unspecified atom stereocenters. The number of fused-ring (bicyclic) bond motifs is 5. The average Bonchev–Trinajstić information content (AvgIpc) is 3.32. The minimum Gasteiger partial charge on any atom is -0.493 e. The molecule has 174 valence electrons. The summed E-state index contributed by atoms with van der Waals surface area (Å²) in [4.78, 5) is 2.54. The van der Waals surface area contributed by atoms with E-state index in [1.807, 2.05) is 6.07 Å². The normalized spacial score (nSPS) is 17.1. The Balaban J connectivity index is 1.67. The van der Waals surface area contributed by atoms with Crippen LogP contribution in [0.1, 0.15) is 41.7 Å². The summed E-state index contributed by atoms with van der Waals surface area (Å²) in [5, 5.41) is 0. The molecular formula is C29H29NO4. The maximum absolute atomic E-state index is 5.97. The Hall–Kier alpha value is -3.60. The molecule has 0 N–H and O–H groups in total. The zero-order valence-corrected chi connectivity index (χ0v) is 20.1. The van der Waals surface area contributed by atoms with Crippen molar-refractivity contribution < 1.29 is 18.9 Å². The number of nitrogens with zero attached hydrogens (tertiary/aromatic N) is 1. The molecule has 3 aliphatic heterocycles. The second-order valence-corrected chi connectivity index (χ2v) is 9.54. The largest absolute Gasteiger partial charge is 0.493 e. The minimum absolute atomic E-state index is 0.281. The standard InChI is InChI=1S/C29H29NO4/c1-29(2)26-20(10-11-23(31-3)28(26)32-4)22(14-18-8-6-5-7-9-18)27-21-16-25-24(33-17-34-25)15-19(21)12-13-30(27)29/h5-11,15-16H,12-14,17H2,1-4H3. The van der Waals surface area contributed by atoms with Crippen molar-refractivity contribution in [3.63, 3.8) is 0 Å². The summed E-state index contributed by atoms with van der Waals surface area (Å²) in [6.45, 7) is 5.76. The minimum atomic E-state index is -0.293. The Labute approximate surface area is 200 Å². The Morgan fingerprint density at radius 1 is 0.912 bits per heavy atom. The summed E-state index contributed by atoms with van der Waals surface area (Å²) in [6.07, 6.45) is 1.76. The van der Waals surface area contributed by atoms with E-state index in [9.17, 15) is 0 Å². The lowest BCUT2D eigenvalue weighted by molar-refractivity contribution is 0.174. The fourth-order valence-electron chi connectivity index (χ4n) is 5.81. The van der Waals surface area contributed by atoms with Gasteiger partial charge in [0.1, 0.15) is 0 Å².